The van der Waals surface area contributed by atoms with Gasteiger partial charge in [-0.3, -0.25) is 19.7 Å². The third-order valence-corrected chi connectivity index (χ3v) is 2.82. The summed E-state index contributed by atoms with van der Waals surface area (Å²) in [6, 6.07) is 5.01. The number of aromatic hydroxyl groups is 1. The molecular weight excluding hydrogens is 268 g/mol. The Morgan fingerprint density at radius 3 is 2.65 bits per heavy atom. The first-order valence-electron chi connectivity index (χ1n) is 5.63. The van der Waals surface area contributed by atoms with Gasteiger partial charge in [-0.05, 0) is 12.1 Å². The van der Waals surface area contributed by atoms with Crippen molar-refractivity contribution in [2.75, 3.05) is 0 Å². The van der Waals surface area contributed by atoms with Crippen LogP contribution < -0.4 is 5.56 Å². The molecule has 0 radical (unpaired) electrons. The number of carboxylic acid groups (broad SMARTS) is 1. The van der Waals surface area contributed by atoms with Crippen molar-refractivity contribution in [1.82, 2.24) is 4.57 Å². The van der Waals surface area contributed by atoms with Gasteiger partial charge in [0.2, 0.25) is 0 Å². The molecule has 104 valence electrons. The molecule has 1 heterocycles. The van der Waals surface area contributed by atoms with Crippen molar-refractivity contribution < 1.29 is 19.9 Å². The van der Waals surface area contributed by atoms with Gasteiger partial charge < -0.3 is 14.8 Å². The van der Waals surface area contributed by atoms with E-state index in [-0.39, 0.29) is 24.2 Å². The summed E-state index contributed by atoms with van der Waals surface area (Å²) in [7, 11) is 0. The van der Waals surface area contributed by atoms with Gasteiger partial charge in [0.25, 0.3) is 11.2 Å². The van der Waals surface area contributed by atoms with Crippen LogP contribution >= 0.6 is 0 Å². The zero-order valence-electron chi connectivity index (χ0n) is 10.1. The molecule has 1 aromatic carbocycles. The SMILES string of the molecule is O=C(O)CCn1c(=O)c(O)cc2ccc([N+](=O)[O-])cc21. The predicted octanol–water partition coefficient (Wildman–Crippen LogP) is 1.09. The van der Waals surface area contributed by atoms with Crippen LogP contribution in [-0.4, -0.2) is 25.7 Å². The second-order valence-electron chi connectivity index (χ2n) is 4.13. The topological polar surface area (TPSA) is 123 Å². The zero-order chi connectivity index (χ0) is 14.9. The van der Waals surface area contributed by atoms with E-state index in [1.807, 2.05) is 0 Å². The zero-order valence-corrected chi connectivity index (χ0v) is 10.1. The van der Waals surface area contributed by atoms with Crippen molar-refractivity contribution in [3.63, 3.8) is 0 Å². The van der Waals surface area contributed by atoms with Gasteiger partial charge in [0.1, 0.15) is 0 Å². The standard InChI is InChI=1S/C12H10N2O6/c15-10-5-7-1-2-8(14(19)20)6-9(7)13(12(10)18)4-3-11(16)17/h1-2,5-6,15H,3-4H2,(H,16,17). The number of nitrogens with zero attached hydrogens (tertiary/aromatic N) is 2. The summed E-state index contributed by atoms with van der Waals surface area (Å²) in [6.45, 7) is -0.180. The second kappa shape index (κ2) is 5.00. The molecule has 0 aliphatic rings. The number of rotatable bonds is 4. The number of aryl methyl sites for hydroxylation is 1. The Kier molecular flexibility index (Phi) is 3.38. The highest BCUT2D eigenvalue weighted by Crippen LogP contribution is 2.22. The average molecular weight is 278 g/mol. The molecule has 0 fully saturated rings. The maximum atomic E-state index is 11.8. The van der Waals surface area contributed by atoms with E-state index in [1.54, 1.807) is 0 Å². The molecule has 8 nitrogen and oxygen atoms in total. The molecule has 0 aliphatic heterocycles. The quantitative estimate of drug-likeness (QED) is 0.637. The molecule has 0 unspecified atom stereocenters. The van der Waals surface area contributed by atoms with Crippen molar-refractivity contribution >= 4 is 22.6 Å². The highest BCUT2D eigenvalue weighted by Gasteiger charge is 2.13. The summed E-state index contributed by atoms with van der Waals surface area (Å²) >= 11 is 0. The number of hydrogen-bond donors (Lipinski definition) is 2. The van der Waals surface area contributed by atoms with E-state index in [0.717, 1.165) is 4.57 Å². The van der Waals surface area contributed by atoms with Gasteiger partial charge >= 0.3 is 5.97 Å². The molecule has 0 amide bonds. The number of fused-ring (bicyclic) bond motifs is 1. The molecule has 2 aromatic rings. The lowest BCUT2D eigenvalue weighted by Crippen LogP contribution is -2.21. The third-order valence-electron chi connectivity index (χ3n) is 2.82. The Bertz CT molecular complexity index is 764. The van der Waals surface area contributed by atoms with Crippen molar-refractivity contribution in [1.29, 1.82) is 0 Å². The lowest BCUT2D eigenvalue weighted by Gasteiger charge is -2.09. The number of aromatic nitrogens is 1. The lowest BCUT2D eigenvalue weighted by atomic mass is 10.2. The number of hydrogen-bond acceptors (Lipinski definition) is 5. The molecule has 2 rings (SSSR count). The number of benzene rings is 1. The number of carboxylic acids is 1. The maximum absolute atomic E-state index is 11.8. The van der Waals surface area contributed by atoms with Crippen LogP contribution in [0.1, 0.15) is 6.42 Å². The molecule has 0 spiro atoms. The molecule has 1 aromatic heterocycles. The van der Waals surface area contributed by atoms with Gasteiger partial charge in [0.05, 0.1) is 16.9 Å². The monoisotopic (exact) mass is 278 g/mol. The molecule has 2 N–H and O–H groups in total. The lowest BCUT2D eigenvalue weighted by molar-refractivity contribution is -0.384. The van der Waals surface area contributed by atoms with Gasteiger partial charge in [-0.2, -0.15) is 0 Å². The second-order valence-corrected chi connectivity index (χ2v) is 4.13. The first-order valence-corrected chi connectivity index (χ1v) is 5.63. The number of nitro groups is 1. The van der Waals surface area contributed by atoms with Gasteiger partial charge in [0.15, 0.2) is 5.75 Å². The van der Waals surface area contributed by atoms with Crippen LogP contribution in [0, 0.1) is 10.1 Å². The summed E-state index contributed by atoms with van der Waals surface area (Å²) < 4.78 is 1.02. The van der Waals surface area contributed by atoms with Crippen LogP contribution in [0.3, 0.4) is 0 Å². The van der Waals surface area contributed by atoms with Crippen molar-refractivity contribution in [2.24, 2.45) is 0 Å². The predicted molar refractivity (Wildman–Crippen MR) is 68.8 cm³/mol. The Hall–Kier alpha value is -2.90. The summed E-state index contributed by atoms with van der Waals surface area (Å²) in [4.78, 5) is 32.6. The van der Waals surface area contributed by atoms with Crippen LogP contribution in [-0.2, 0) is 11.3 Å². The van der Waals surface area contributed by atoms with Crippen LogP contribution in [0.15, 0.2) is 29.1 Å². The van der Waals surface area contributed by atoms with Gasteiger partial charge in [0, 0.05) is 24.1 Å². The Morgan fingerprint density at radius 1 is 1.35 bits per heavy atom. The van der Waals surface area contributed by atoms with E-state index >= 15 is 0 Å². The van der Waals surface area contributed by atoms with Crippen LogP contribution in [0.25, 0.3) is 10.9 Å². The molecule has 0 saturated carbocycles. The summed E-state index contributed by atoms with van der Waals surface area (Å²) in [5.41, 5.74) is -0.783. The first-order chi connectivity index (χ1) is 9.40. The number of nitro benzene ring substituents is 1. The molecule has 0 saturated heterocycles. The molecule has 20 heavy (non-hydrogen) atoms. The Balaban J connectivity index is 2.69. The molecular formula is C12H10N2O6. The number of carbonyl (C=O) groups is 1. The minimum atomic E-state index is -1.11. The van der Waals surface area contributed by atoms with Crippen LogP contribution in [0.2, 0.25) is 0 Å². The highest BCUT2D eigenvalue weighted by molar-refractivity contribution is 5.82. The molecule has 0 aliphatic carbocycles. The largest absolute Gasteiger partial charge is 0.503 e. The molecule has 8 heteroatoms. The number of aliphatic carboxylic acids is 1. The summed E-state index contributed by atoms with van der Waals surface area (Å²) in [5.74, 6) is -1.64. The normalized spacial score (nSPS) is 10.6. The average Bonchev–Trinajstić information content (AvgIpc) is 2.38. The fourth-order valence-electron chi connectivity index (χ4n) is 1.89. The smallest absolute Gasteiger partial charge is 0.305 e. The van der Waals surface area contributed by atoms with Crippen LogP contribution in [0.5, 0.6) is 5.75 Å². The van der Waals surface area contributed by atoms with E-state index in [2.05, 4.69) is 0 Å². The highest BCUT2D eigenvalue weighted by atomic mass is 16.6. The van der Waals surface area contributed by atoms with E-state index in [4.69, 9.17) is 5.11 Å². The van der Waals surface area contributed by atoms with Crippen LogP contribution in [0.4, 0.5) is 5.69 Å². The fraction of sp³-hybridized carbons (Fsp3) is 0.167. The minimum Gasteiger partial charge on any atom is -0.503 e. The Labute approximate surface area is 111 Å². The van der Waals surface area contributed by atoms with E-state index in [9.17, 15) is 24.8 Å². The van der Waals surface area contributed by atoms with Gasteiger partial charge in [-0.15, -0.1) is 0 Å². The summed E-state index contributed by atoms with van der Waals surface area (Å²) in [6.07, 6.45) is -0.332. The van der Waals surface area contributed by atoms with Crippen molar-refractivity contribution in [2.45, 2.75) is 13.0 Å². The maximum Gasteiger partial charge on any atom is 0.305 e. The first kappa shape index (κ1) is 13.5. The van der Waals surface area contributed by atoms with Crippen molar-refractivity contribution in [3.8, 4) is 5.75 Å². The molecule has 0 atom stereocenters. The van der Waals surface area contributed by atoms with Gasteiger partial charge in [-0.25, -0.2) is 0 Å². The minimum absolute atomic E-state index is 0.180. The third kappa shape index (κ3) is 2.44. The number of pyridine rings is 1. The summed E-state index contributed by atoms with van der Waals surface area (Å²) in [5, 5.41) is 29.4. The molecule has 0 bridgehead atoms. The van der Waals surface area contributed by atoms with Crippen molar-refractivity contribution in [3.05, 3.63) is 44.7 Å². The van der Waals surface area contributed by atoms with E-state index in [1.165, 1.54) is 24.3 Å². The Morgan fingerprint density at radius 2 is 2.05 bits per heavy atom. The van der Waals surface area contributed by atoms with E-state index in [0.29, 0.717) is 5.39 Å². The van der Waals surface area contributed by atoms with Gasteiger partial charge in [-0.1, -0.05) is 0 Å². The number of non-ortho nitro benzene ring substituents is 1. The van der Waals surface area contributed by atoms with E-state index < -0.39 is 22.2 Å². The fourth-order valence-corrected chi connectivity index (χ4v) is 1.89.